The number of anilines is 1. The normalized spacial score (nSPS) is 10.2. The maximum atomic E-state index is 11.6. The van der Waals surface area contributed by atoms with Crippen LogP contribution in [-0.4, -0.2) is 32.9 Å². The fourth-order valence-corrected chi connectivity index (χ4v) is 2.74. The molecule has 0 spiro atoms. The lowest BCUT2D eigenvalue weighted by molar-refractivity contribution is -0.113. The minimum Gasteiger partial charge on any atom is -0.477 e. The van der Waals surface area contributed by atoms with Crippen molar-refractivity contribution in [1.29, 1.82) is 0 Å². The second-order valence-electron chi connectivity index (χ2n) is 3.24. The molecule has 0 bridgehead atoms. The number of hydrogen-bond acceptors (Lipinski definition) is 5. The maximum absolute atomic E-state index is 11.6. The molecule has 0 atom stereocenters. The number of nitrogens with one attached hydrogen (secondary N) is 2. The molecule has 6 nitrogen and oxygen atoms in total. The number of rotatable bonds is 5. The van der Waals surface area contributed by atoms with Crippen LogP contribution >= 0.6 is 23.1 Å². The number of nitrogens with zero attached hydrogens (tertiary/aromatic N) is 1. The van der Waals surface area contributed by atoms with Crippen LogP contribution in [0.3, 0.4) is 0 Å². The van der Waals surface area contributed by atoms with Crippen LogP contribution in [-0.2, 0) is 4.79 Å². The van der Waals surface area contributed by atoms with Gasteiger partial charge in [-0.15, -0.1) is 23.1 Å². The molecule has 0 fully saturated rings. The van der Waals surface area contributed by atoms with Gasteiger partial charge in [0.25, 0.3) is 0 Å². The summed E-state index contributed by atoms with van der Waals surface area (Å²) in [4.78, 5) is 22.2. The third-order valence-corrected chi connectivity index (χ3v) is 4.05. The SMILES string of the molecule is O=C(CSc1cccs1)Nc1cc(C(=O)O)[nH]n1. The van der Waals surface area contributed by atoms with Crippen molar-refractivity contribution in [2.45, 2.75) is 4.21 Å². The molecule has 2 heterocycles. The third-order valence-electron chi connectivity index (χ3n) is 1.92. The minimum absolute atomic E-state index is 0.0591. The average Bonchev–Trinajstić information content (AvgIpc) is 2.96. The lowest BCUT2D eigenvalue weighted by atomic mass is 10.4. The molecule has 0 aliphatic rings. The number of carboxylic acids is 1. The standard InChI is InChI=1S/C10H9N3O3S2/c14-8(5-18-9-2-1-3-17-9)11-7-4-6(10(15)16)12-13-7/h1-4H,5H2,(H,15,16)(H2,11,12,13,14). The first-order valence-corrected chi connectivity index (χ1v) is 6.76. The molecule has 1 amide bonds. The number of aromatic nitrogens is 2. The van der Waals surface area contributed by atoms with E-state index in [1.807, 2.05) is 17.5 Å². The first-order valence-electron chi connectivity index (χ1n) is 4.90. The summed E-state index contributed by atoms with van der Waals surface area (Å²) in [5, 5.41) is 19.1. The van der Waals surface area contributed by atoms with E-state index in [-0.39, 0.29) is 23.2 Å². The Morgan fingerprint density at radius 3 is 3.00 bits per heavy atom. The summed E-state index contributed by atoms with van der Waals surface area (Å²) in [6.07, 6.45) is 0. The van der Waals surface area contributed by atoms with Gasteiger partial charge >= 0.3 is 5.97 Å². The number of thioether (sulfide) groups is 1. The highest BCUT2D eigenvalue weighted by Gasteiger charge is 2.10. The van der Waals surface area contributed by atoms with Gasteiger partial charge in [-0.25, -0.2) is 4.79 Å². The number of carboxylic acid groups (broad SMARTS) is 1. The van der Waals surface area contributed by atoms with Crippen molar-refractivity contribution in [2.75, 3.05) is 11.1 Å². The number of H-pyrrole nitrogens is 1. The summed E-state index contributed by atoms with van der Waals surface area (Å²) in [7, 11) is 0. The number of amides is 1. The number of aromatic carboxylic acids is 1. The van der Waals surface area contributed by atoms with Crippen LogP contribution in [0.5, 0.6) is 0 Å². The van der Waals surface area contributed by atoms with Gasteiger partial charge in [0.15, 0.2) is 5.82 Å². The smallest absolute Gasteiger partial charge is 0.353 e. The van der Waals surface area contributed by atoms with E-state index in [0.29, 0.717) is 0 Å². The molecule has 94 valence electrons. The van der Waals surface area contributed by atoms with Gasteiger partial charge in [-0.1, -0.05) is 6.07 Å². The molecule has 0 radical (unpaired) electrons. The summed E-state index contributed by atoms with van der Waals surface area (Å²) >= 11 is 2.98. The van der Waals surface area contributed by atoms with Crippen LogP contribution in [0.25, 0.3) is 0 Å². The second-order valence-corrected chi connectivity index (χ2v) is 5.46. The van der Waals surface area contributed by atoms with E-state index in [2.05, 4.69) is 15.5 Å². The van der Waals surface area contributed by atoms with E-state index < -0.39 is 5.97 Å². The molecule has 2 aromatic heterocycles. The molecule has 0 aliphatic carbocycles. The molecule has 0 aliphatic heterocycles. The van der Waals surface area contributed by atoms with E-state index in [0.717, 1.165) is 4.21 Å². The summed E-state index contributed by atoms with van der Waals surface area (Å²) in [6, 6.07) is 5.12. The highest BCUT2D eigenvalue weighted by Crippen LogP contribution is 2.23. The van der Waals surface area contributed by atoms with Crippen molar-refractivity contribution in [3.05, 3.63) is 29.3 Å². The first kappa shape index (κ1) is 12.7. The van der Waals surface area contributed by atoms with E-state index in [9.17, 15) is 9.59 Å². The van der Waals surface area contributed by atoms with E-state index in [1.165, 1.54) is 17.8 Å². The predicted octanol–water partition coefficient (Wildman–Crippen LogP) is 1.90. The van der Waals surface area contributed by atoms with Crippen LogP contribution in [0, 0.1) is 0 Å². The summed E-state index contributed by atoms with van der Waals surface area (Å²) in [5.41, 5.74) is -0.0591. The Balaban J connectivity index is 1.85. The van der Waals surface area contributed by atoms with Gasteiger partial charge in [-0.3, -0.25) is 9.89 Å². The minimum atomic E-state index is -1.11. The van der Waals surface area contributed by atoms with Crippen molar-refractivity contribution in [3.8, 4) is 0 Å². The summed E-state index contributed by atoms with van der Waals surface area (Å²) < 4.78 is 1.05. The molecule has 0 saturated heterocycles. The van der Waals surface area contributed by atoms with Crippen LogP contribution in [0.15, 0.2) is 27.8 Å². The quantitative estimate of drug-likeness (QED) is 0.728. The molecular formula is C10H9N3O3S2. The van der Waals surface area contributed by atoms with Gasteiger partial charge in [-0.05, 0) is 11.4 Å². The van der Waals surface area contributed by atoms with Crippen molar-refractivity contribution in [2.24, 2.45) is 0 Å². The molecule has 0 aromatic carbocycles. The van der Waals surface area contributed by atoms with E-state index in [4.69, 9.17) is 5.11 Å². The van der Waals surface area contributed by atoms with Crippen molar-refractivity contribution >= 4 is 40.8 Å². The van der Waals surface area contributed by atoms with Gasteiger partial charge < -0.3 is 10.4 Å². The number of carbonyl (C=O) groups excluding carboxylic acids is 1. The number of hydrogen-bond donors (Lipinski definition) is 3. The fourth-order valence-electron chi connectivity index (χ4n) is 1.16. The van der Waals surface area contributed by atoms with Crippen molar-refractivity contribution in [3.63, 3.8) is 0 Å². The molecular weight excluding hydrogens is 274 g/mol. The van der Waals surface area contributed by atoms with Crippen molar-refractivity contribution in [1.82, 2.24) is 10.2 Å². The summed E-state index contributed by atoms with van der Waals surface area (Å²) in [5.74, 6) is -0.868. The zero-order valence-electron chi connectivity index (χ0n) is 9.04. The maximum Gasteiger partial charge on any atom is 0.353 e. The van der Waals surface area contributed by atoms with Crippen LogP contribution in [0.4, 0.5) is 5.82 Å². The molecule has 0 unspecified atom stereocenters. The highest BCUT2D eigenvalue weighted by atomic mass is 32.2. The Hall–Kier alpha value is -1.80. The van der Waals surface area contributed by atoms with Gasteiger partial charge in [0.05, 0.1) is 9.96 Å². The van der Waals surface area contributed by atoms with Gasteiger partial charge in [0.2, 0.25) is 5.91 Å². The number of thiophene rings is 1. The van der Waals surface area contributed by atoms with E-state index >= 15 is 0 Å². The Morgan fingerprint density at radius 2 is 2.39 bits per heavy atom. The van der Waals surface area contributed by atoms with Crippen LogP contribution in [0.2, 0.25) is 0 Å². The van der Waals surface area contributed by atoms with Gasteiger partial charge in [0.1, 0.15) is 5.69 Å². The third kappa shape index (κ3) is 3.34. The molecule has 8 heteroatoms. The van der Waals surface area contributed by atoms with Crippen LogP contribution in [0.1, 0.15) is 10.5 Å². The molecule has 2 rings (SSSR count). The van der Waals surface area contributed by atoms with Gasteiger partial charge in [0, 0.05) is 6.07 Å². The van der Waals surface area contributed by atoms with Gasteiger partial charge in [-0.2, -0.15) is 5.10 Å². The topological polar surface area (TPSA) is 95.1 Å². The second kappa shape index (κ2) is 5.69. The fraction of sp³-hybridized carbons (Fsp3) is 0.100. The average molecular weight is 283 g/mol. The lowest BCUT2D eigenvalue weighted by Gasteiger charge is -1.99. The molecule has 2 aromatic rings. The Bertz CT molecular complexity index is 550. The highest BCUT2D eigenvalue weighted by molar-refractivity contribution is 8.01. The zero-order chi connectivity index (χ0) is 13.0. The van der Waals surface area contributed by atoms with Crippen molar-refractivity contribution < 1.29 is 14.7 Å². The Morgan fingerprint density at radius 1 is 1.56 bits per heavy atom. The molecule has 0 saturated carbocycles. The first-order chi connectivity index (χ1) is 8.65. The molecule has 18 heavy (non-hydrogen) atoms. The van der Waals surface area contributed by atoms with Crippen LogP contribution < -0.4 is 5.32 Å². The van der Waals surface area contributed by atoms with E-state index in [1.54, 1.807) is 11.3 Å². The molecule has 3 N–H and O–H groups in total. The Labute approximate surface area is 110 Å². The monoisotopic (exact) mass is 283 g/mol. The lowest BCUT2D eigenvalue weighted by Crippen LogP contribution is -2.14. The zero-order valence-corrected chi connectivity index (χ0v) is 10.7. The Kier molecular flexibility index (Phi) is 4.00. The predicted molar refractivity (Wildman–Crippen MR) is 69.2 cm³/mol. The number of carbonyl (C=O) groups is 2. The largest absolute Gasteiger partial charge is 0.477 e. The number of aromatic amines is 1. The summed E-state index contributed by atoms with van der Waals surface area (Å²) in [6.45, 7) is 0.